The Bertz CT molecular complexity index is 1010. The molecule has 2 heterocycles. The molecule has 9 nitrogen and oxygen atoms in total. The summed E-state index contributed by atoms with van der Waals surface area (Å²) in [5.41, 5.74) is 3.67. The summed E-state index contributed by atoms with van der Waals surface area (Å²) in [6, 6.07) is 6.53. The monoisotopic (exact) mass is 521 g/mol. The maximum Gasteiger partial charge on any atom is 0.229 e. The van der Waals surface area contributed by atoms with Crippen LogP contribution in [0, 0.1) is 5.92 Å². The van der Waals surface area contributed by atoms with E-state index in [-0.39, 0.29) is 12.0 Å². The summed E-state index contributed by atoms with van der Waals surface area (Å²) in [5.74, 6) is 1.21. The second-order valence-electron chi connectivity index (χ2n) is 9.21. The molecule has 1 fully saturated rings. The third-order valence-corrected chi connectivity index (χ3v) is 7.59. The molecule has 1 saturated carbocycles. The smallest absolute Gasteiger partial charge is 0.229 e. The highest BCUT2D eigenvalue weighted by Crippen LogP contribution is 2.30. The topological polar surface area (TPSA) is 114 Å². The summed E-state index contributed by atoms with van der Waals surface area (Å²) < 4.78 is 29.7. The van der Waals surface area contributed by atoms with Crippen LogP contribution in [-0.4, -0.2) is 69.6 Å². The van der Waals surface area contributed by atoms with Gasteiger partial charge >= 0.3 is 0 Å². The molecule has 0 bridgehead atoms. The molecule has 1 aromatic heterocycles. The number of fused-ring (bicyclic) bond motifs is 1. The van der Waals surface area contributed by atoms with E-state index in [0.717, 1.165) is 70.5 Å². The molecular weight excluding hydrogens is 488 g/mol. The largest absolute Gasteiger partial charge is 0.760 e. The van der Waals surface area contributed by atoms with Gasteiger partial charge in [-0.1, -0.05) is 30.5 Å². The number of hydrogen-bond acceptors (Lipinski definition) is 8. The predicted octanol–water partition coefficient (Wildman–Crippen LogP) is 3.28. The maximum absolute atomic E-state index is 11.0. The zero-order valence-corrected chi connectivity index (χ0v) is 21.7. The van der Waals surface area contributed by atoms with Gasteiger partial charge in [0.15, 0.2) is 5.82 Å². The Kier molecular flexibility index (Phi) is 9.70. The molecule has 4 rings (SSSR count). The minimum absolute atomic E-state index is 0.0913. The summed E-state index contributed by atoms with van der Waals surface area (Å²) in [4.78, 5) is 11.5. The average Bonchev–Trinajstić information content (AvgIpc) is 3.06. The van der Waals surface area contributed by atoms with E-state index < -0.39 is 11.3 Å². The van der Waals surface area contributed by atoms with Crippen molar-refractivity contribution in [2.45, 2.75) is 44.6 Å². The number of ether oxygens (including phenoxy) is 1. The molecule has 3 atom stereocenters. The van der Waals surface area contributed by atoms with Gasteiger partial charge in [-0.05, 0) is 54.9 Å². The normalized spacial score (nSPS) is 21.7. The molecule has 0 saturated heterocycles. The van der Waals surface area contributed by atoms with E-state index in [1.807, 2.05) is 0 Å². The first-order chi connectivity index (χ1) is 17.0. The van der Waals surface area contributed by atoms with Gasteiger partial charge in [-0.15, -0.1) is 0 Å². The van der Waals surface area contributed by atoms with E-state index >= 15 is 0 Å². The molecule has 2 aromatic rings. The Morgan fingerprint density at radius 1 is 1.23 bits per heavy atom. The number of rotatable bonds is 10. The fourth-order valence-electron chi connectivity index (χ4n) is 4.94. The summed E-state index contributed by atoms with van der Waals surface area (Å²) in [7, 11) is 1.74. The molecule has 1 aromatic carbocycles. The van der Waals surface area contributed by atoms with Gasteiger partial charge in [-0.25, -0.2) is 9.71 Å². The minimum Gasteiger partial charge on any atom is -0.760 e. The van der Waals surface area contributed by atoms with Crippen LogP contribution >= 0.6 is 11.6 Å². The van der Waals surface area contributed by atoms with Crippen LogP contribution in [0.15, 0.2) is 24.4 Å². The van der Waals surface area contributed by atoms with E-state index in [9.17, 15) is 8.76 Å². The zero-order chi connectivity index (χ0) is 24.6. The summed E-state index contributed by atoms with van der Waals surface area (Å²) in [5, 5.41) is 7.22. The second-order valence-corrected chi connectivity index (χ2v) is 10.4. The van der Waals surface area contributed by atoms with Gasteiger partial charge in [0.1, 0.15) is 5.02 Å². The third-order valence-electron chi connectivity index (χ3n) is 6.91. The molecule has 192 valence electrons. The molecule has 35 heavy (non-hydrogen) atoms. The van der Waals surface area contributed by atoms with E-state index in [2.05, 4.69) is 48.4 Å². The molecule has 0 spiro atoms. The number of aromatic nitrogens is 2. The van der Waals surface area contributed by atoms with Crippen LogP contribution in [0.2, 0.25) is 5.02 Å². The number of methoxy groups -OCH3 is 1. The first-order valence-corrected chi connectivity index (χ1v) is 13.7. The number of halogens is 1. The lowest BCUT2D eigenvalue weighted by Gasteiger charge is -2.33. The summed E-state index contributed by atoms with van der Waals surface area (Å²) in [6.07, 6.45) is 7.68. The van der Waals surface area contributed by atoms with Gasteiger partial charge in [0.05, 0.1) is 12.8 Å². The Morgan fingerprint density at radius 3 is 2.83 bits per heavy atom. The highest BCUT2D eigenvalue weighted by Gasteiger charge is 2.26. The lowest BCUT2D eigenvalue weighted by molar-refractivity contribution is 0.150. The second kappa shape index (κ2) is 12.9. The fourth-order valence-corrected chi connectivity index (χ4v) is 5.44. The Morgan fingerprint density at radius 2 is 2.03 bits per heavy atom. The SMILES string of the molecule is COCCN1CCc2ccc(Nc3ncc(Cl)c(N[C@@H]4CCCC[C@@H]4CNS(=O)[O-])n3)cc2CC1. The molecule has 1 aliphatic carbocycles. The van der Waals surface area contributed by atoms with E-state index in [1.54, 1.807) is 13.3 Å². The summed E-state index contributed by atoms with van der Waals surface area (Å²) >= 11 is 4.15. The Labute approximate surface area is 214 Å². The molecule has 11 heteroatoms. The lowest BCUT2D eigenvalue weighted by atomic mass is 9.84. The molecule has 1 unspecified atom stereocenters. The zero-order valence-electron chi connectivity index (χ0n) is 20.1. The van der Waals surface area contributed by atoms with Gasteiger partial charge in [0.25, 0.3) is 0 Å². The Hall–Kier alpha value is -1.82. The number of nitrogens with zero attached hydrogens (tertiary/aromatic N) is 3. The molecule has 0 amide bonds. The van der Waals surface area contributed by atoms with Crippen molar-refractivity contribution in [3.63, 3.8) is 0 Å². The third kappa shape index (κ3) is 7.58. The van der Waals surface area contributed by atoms with Crippen LogP contribution < -0.4 is 15.4 Å². The first-order valence-electron chi connectivity index (χ1n) is 12.2. The molecular formula is C24H34ClN6O3S-. The van der Waals surface area contributed by atoms with Crippen molar-refractivity contribution in [3.8, 4) is 0 Å². The number of anilines is 3. The number of nitrogens with one attached hydrogen (secondary N) is 3. The lowest BCUT2D eigenvalue weighted by Crippen LogP contribution is -2.39. The molecule has 1 aliphatic heterocycles. The average molecular weight is 522 g/mol. The van der Waals surface area contributed by atoms with Crippen molar-refractivity contribution < 1.29 is 13.5 Å². The van der Waals surface area contributed by atoms with Crippen molar-refractivity contribution in [1.82, 2.24) is 19.6 Å². The van der Waals surface area contributed by atoms with E-state index in [0.29, 0.717) is 23.3 Å². The molecule has 3 N–H and O–H groups in total. The Balaban J connectivity index is 1.42. The number of hydrogen-bond donors (Lipinski definition) is 3. The van der Waals surface area contributed by atoms with Crippen LogP contribution in [-0.2, 0) is 28.8 Å². The van der Waals surface area contributed by atoms with Crippen molar-refractivity contribution in [2.75, 3.05) is 50.5 Å². The quantitative estimate of drug-likeness (QED) is 0.408. The number of benzene rings is 1. The van der Waals surface area contributed by atoms with Crippen LogP contribution in [0.1, 0.15) is 36.8 Å². The highest BCUT2D eigenvalue weighted by atomic mass is 35.5. The molecule has 2 aliphatic rings. The van der Waals surface area contributed by atoms with E-state index in [1.165, 1.54) is 11.1 Å². The van der Waals surface area contributed by atoms with Gasteiger partial charge in [0.2, 0.25) is 5.95 Å². The van der Waals surface area contributed by atoms with Crippen molar-refractivity contribution in [1.29, 1.82) is 0 Å². The van der Waals surface area contributed by atoms with Crippen molar-refractivity contribution in [3.05, 3.63) is 40.5 Å². The fraction of sp³-hybridized carbons (Fsp3) is 0.583. The van der Waals surface area contributed by atoms with Crippen LogP contribution in [0.3, 0.4) is 0 Å². The maximum atomic E-state index is 11.0. The van der Waals surface area contributed by atoms with Crippen LogP contribution in [0.5, 0.6) is 0 Å². The van der Waals surface area contributed by atoms with E-state index in [4.69, 9.17) is 16.3 Å². The van der Waals surface area contributed by atoms with Gasteiger partial charge < -0.3 is 24.8 Å². The first kappa shape index (κ1) is 26.2. The van der Waals surface area contributed by atoms with Gasteiger partial charge in [-0.3, -0.25) is 4.21 Å². The van der Waals surface area contributed by atoms with Crippen molar-refractivity contribution in [2.24, 2.45) is 5.92 Å². The highest BCUT2D eigenvalue weighted by molar-refractivity contribution is 7.77. The standard InChI is InChI=1S/C24H35ClN6O3S/c1-34-13-12-31-10-8-17-6-7-20(14-18(17)9-11-31)28-24-26-16-21(25)23(30-24)29-22-5-3-2-4-19(22)15-27-35(32)33/h6-7,14,16,19,22,27H,2-5,8-13,15H2,1H3,(H,32,33)(H2,26,28,29,30)/p-1/t19-,22-/m1/s1. The van der Waals surface area contributed by atoms with Crippen molar-refractivity contribution >= 4 is 40.3 Å². The minimum atomic E-state index is -2.26. The van der Waals surface area contributed by atoms with Gasteiger partial charge in [0, 0.05) is 56.3 Å². The van der Waals surface area contributed by atoms with Gasteiger partial charge in [-0.2, -0.15) is 4.98 Å². The van der Waals surface area contributed by atoms with Crippen LogP contribution in [0.4, 0.5) is 17.5 Å². The molecule has 0 radical (unpaired) electrons. The predicted molar refractivity (Wildman–Crippen MR) is 139 cm³/mol. The van der Waals surface area contributed by atoms with Crippen LogP contribution in [0.25, 0.3) is 0 Å². The summed E-state index contributed by atoms with van der Waals surface area (Å²) in [6.45, 7) is 4.17.